The van der Waals surface area contributed by atoms with E-state index in [-0.39, 0.29) is 6.61 Å². The van der Waals surface area contributed by atoms with Crippen LogP contribution in [0.3, 0.4) is 0 Å². The van der Waals surface area contributed by atoms with Crippen LogP contribution >= 0.6 is 0 Å². The molecule has 2 aromatic rings. The maximum absolute atomic E-state index is 10.0. The molecule has 0 unspecified atom stereocenters. The van der Waals surface area contributed by atoms with Crippen molar-refractivity contribution in [2.45, 2.75) is 34.6 Å². The number of nitrogens with two attached hydrogens (primary N) is 1. The number of hydrogen-bond donors (Lipinski definition) is 2. The molecule has 0 amide bonds. The number of hydrogen-bond acceptors (Lipinski definition) is 7. The molecule has 0 radical (unpaired) electrons. The fourth-order valence-electron chi connectivity index (χ4n) is 4.64. The van der Waals surface area contributed by atoms with Crippen LogP contribution in [0.15, 0.2) is 71.1 Å². The Morgan fingerprint density at radius 3 is 2.14 bits per heavy atom. The van der Waals surface area contributed by atoms with Crippen LogP contribution in [0.25, 0.3) is 33.4 Å². The van der Waals surface area contributed by atoms with E-state index in [4.69, 9.17) is 8.97 Å². The van der Waals surface area contributed by atoms with Gasteiger partial charge in [-0.25, -0.2) is 4.58 Å². The van der Waals surface area contributed by atoms with E-state index in [1.807, 2.05) is 0 Å². The van der Waals surface area contributed by atoms with Crippen molar-refractivity contribution in [2.24, 2.45) is 5.73 Å². The summed E-state index contributed by atoms with van der Waals surface area (Å²) in [7, 11) is -2.50. The van der Waals surface area contributed by atoms with Crippen LogP contribution in [0.5, 0.6) is 0 Å². The quantitative estimate of drug-likeness (QED) is 0.121. The van der Waals surface area contributed by atoms with E-state index in [1.165, 1.54) is 29.2 Å². The summed E-state index contributed by atoms with van der Waals surface area (Å²) in [6.45, 7) is 13.5. The summed E-state index contributed by atoms with van der Waals surface area (Å²) in [6.07, 6.45) is 0. The van der Waals surface area contributed by atoms with Crippen molar-refractivity contribution < 1.29 is 26.9 Å². The zero-order chi connectivity index (χ0) is 31.3. The smallest absolute Gasteiger partial charge is 0.302 e. The summed E-state index contributed by atoms with van der Waals surface area (Å²) in [5, 5.41) is 2.36. The average Bonchev–Trinajstić information content (AvgIpc) is 2.98. The molecule has 0 spiro atoms. The van der Waals surface area contributed by atoms with E-state index in [0.717, 1.165) is 55.4 Å². The molecule has 4 rings (SSSR count). The van der Waals surface area contributed by atoms with E-state index in [0.29, 0.717) is 0 Å². The number of carbonyl (C=O) groups is 1. The van der Waals surface area contributed by atoms with E-state index < -0.39 is 21.8 Å². The number of esters is 1. The van der Waals surface area contributed by atoms with Gasteiger partial charge in [0.15, 0.2) is 0 Å². The fraction of sp³-hybridized carbons (Fsp3) is 0.375. The number of rotatable bonds is 9. The molecular weight excluding hydrogens is 554 g/mol. The Labute approximate surface area is 249 Å². The second-order valence-corrected chi connectivity index (χ2v) is 10.7. The zero-order valence-electron chi connectivity index (χ0n) is 25.5. The molecule has 9 nitrogen and oxygen atoms in total. The summed E-state index contributed by atoms with van der Waals surface area (Å²) < 4.78 is 41.2. The number of nitrogens with zero attached hydrogens (tertiary/aromatic N) is 2. The molecule has 1 heterocycles. The first-order valence-electron chi connectivity index (χ1n) is 14.2. The summed E-state index contributed by atoms with van der Waals surface area (Å²) >= 11 is 0. The van der Waals surface area contributed by atoms with Crippen LogP contribution in [-0.4, -0.2) is 64.5 Å². The minimum absolute atomic E-state index is 0.297. The first kappa shape index (κ1) is 34.5. The third-order valence-corrected chi connectivity index (χ3v) is 7.34. The number of benzene rings is 3. The van der Waals surface area contributed by atoms with Gasteiger partial charge in [0, 0.05) is 54.3 Å². The molecule has 0 bridgehead atoms. The van der Waals surface area contributed by atoms with Crippen molar-refractivity contribution in [1.29, 1.82) is 0 Å². The van der Waals surface area contributed by atoms with Crippen LogP contribution in [0, 0.1) is 0 Å². The van der Waals surface area contributed by atoms with Crippen LogP contribution in [0.2, 0.25) is 0 Å². The third kappa shape index (κ3) is 9.40. The Hall–Kier alpha value is -3.73. The Balaban J connectivity index is 0.000000438. The molecule has 0 aromatic heterocycles. The van der Waals surface area contributed by atoms with Gasteiger partial charge in [0.25, 0.3) is 10.1 Å². The highest BCUT2D eigenvalue weighted by Crippen LogP contribution is 2.40. The molecule has 2 aliphatic rings. The number of fused-ring (bicyclic) bond motifs is 2. The molecule has 1 aliphatic carbocycles. The van der Waals surface area contributed by atoms with Crippen molar-refractivity contribution >= 4 is 32.7 Å². The van der Waals surface area contributed by atoms with Gasteiger partial charge in [-0.1, -0.05) is 30.3 Å². The first-order valence-corrected chi connectivity index (χ1v) is 15.8. The second kappa shape index (κ2) is 16.6. The molecule has 42 heavy (non-hydrogen) atoms. The van der Waals surface area contributed by atoms with Crippen LogP contribution in [0.4, 0.5) is 5.69 Å². The topological polar surface area (TPSA) is 126 Å². The van der Waals surface area contributed by atoms with Crippen molar-refractivity contribution in [1.82, 2.24) is 4.58 Å². The van der Waals surface area contributed by atoms with Gasteiger partial charge in [-0.05, 0) is 58.5 Å². The maximum atomic E-state index is 10.0. The van der Waals surface area contributed by atoms with E-state index in [1.54, 1.807) is 0 Å². The number of anilines is 1. The average molecular weight is 599 g/mol. The Kier molecular flexibility index (Phi) is 13.7. The predicted octanol–water partition coefficient (Wildman–Crippen LogP) is 4.88. The second-order valence-electron chi connectivity index (χ2n) is 9.17. The van der Waals surface area contributed by atoms with Crippen LogP contribution in [-0.2, 0) is 19.6 Å². The van der Waals surface area contributed by atoms with Crippen molar-refractivity contribution in [3.63, 3.8) is 0 Å². The molecule has 3 N–H and O–H groups in total. The van der Waals surface area contributed by atoms with Gasteiger partial charge in [-0.15, -0.1) is 0 Å². The summed E-state index contributed by atoms with van der Waals surface area (Å²) in [5.41, 5.74) is 10.2. The van der Waals surface area contributed by atoms with E-state index in [2.05, 4.69) is 114 Å². The lowest BCUT2D eigenvalue weighted by Gasteiger charge is -2.22. The van der Waals surface area contributed by atoms with Gasteiger partial charge >= 0.3 is 5.97 Å². The molecule has 1 aliphatic heterocycles. The summed E-state index contributed by atoms with van der Waals surface area (Å²) in [5.74, 6) is -0.182. The highest BCUT2D eigenvalue weighted by molar-refractivity contribution is 7.85. The SMILES string of the molecule is CC(=O)OCCS(=O)(=O)O.CCN(CC)c1ccc2c(-c3ccccc3)c3ccc(=[N+](CC)CC)cc-3oc2c1.CN. The van der Waals surface area contributed by atoms with Gasteiger partial charge in [-0.3, -0.25) is 9.35 Å². The van der Waals surface area contributed by atoms with Gasteiger partial charge in [0.05, 0.1) is 6.07 Å². The molecule has 0 saturated carbocycles. The lowest BCUT2D eigenvalue weighted by atomic mass is 9.93. The molecular formula is C32H44N3O6S+. The minimum Gasteiger partial charge on any atom is -0.465 e. The normalized spacial score (nSPS) is 10.8. The lowest BCUT2D eigenvalue weighted by Crippen LogP contribution is -2.29. The summed E-state index contributed by atoms with van der Waals surface area (Å²) in [4.78, 5) is 12.4. The fourth-order valence-corrected chi connectivity index (χ4v) is 4.94. The maximum Gasteiger partial charge on any atom is 0.302 e. The Morgan fingerprint density at radius 2 is 1.60 bits per heavy atom. The van der Waals surface area contributed by atoms with Gasteiger partial charge in [0.2, 0.25) is 5.36 Å². The van der Waals surface area contributed by atoms with Gasteiger partial charge < -0.3 is 19.8 Å². The number of carbonyl (C=O) groups excluding carboxylic acids is 1. The van der Waals surface area contributed by atoms with Gasteiger partial charge in [0.1, 0.15) is 36.8 Å². The van der Waals surface area contributed by atoms with Crippen LogP contribution in [0.1, 0.15) is 34.6 Å². The van der Waals surface area contributed by atoms with Crippen LogP contribution < -0.4 is 20.6 Å². The standard InChI is InChI=1S/C27H31N2O.C4H8O5S.CH5N/c1-5-28(6-2)21-14-16-23-25(18-21)30-26-19-22(29(7-3)8-4)15-17-24(26)27(23)20-12-10-9-11-13-20;1-4(5)9-2-3-10(6,7)8;1-2/h9-19H,5-8H2,1-4H3;2-3H2,1H3,(H,6,7,8);2H2,1H3/q+1;;. The molecule has 0 saturated heterocycles. The largest absolute Gasteiger partial charge is 0.465 e. The molecule has 10 heteroatoms. The van der Waals surface area contributed by atoms with Crippen molar-refractivity contribution in [3.8, 4) is 22.5 Å². The Bertz CT molecular complexity index is 1570. The number of ether oxygens (including phenoxy) is 1. The zero-order valence-corrected chi connectivity index (χ0v) is 26.3. The molecule has 0 fully saturated rings. The summed E-state index contributed by atoms with van der Waals surface area (Å²) in [6, 6.07) is 23.9. The van der Waals surface area contributed by atoms with E-state index >= 15 is 0 Å². The van der Waals surface area contributed by atoms with Crippen molar-refractivity contribution in [2.75, 3.05) is 50.5 Å². The monoisotopic (exact) mass is 598 g/mol. The van der Waals surface area contributed by atoms with Crippen molar-refractivity contribution in [3.05, 3.63) is 72.1 Å². The highest BCUT2D eigenvalue weighted by Gasteiger charge is 2.19. The molecule has 228 valence electrons. The Morgan fingerprint density at radius 1 is 0.952 bits per heavy atom. The molecule has 2 aromatic carbocycles. The third-order valence-electron chi connectivity index (χ3n) is 6.66. The van der Waals surface area contributed by atoms with E-state index in [9.17, 15) is 13.2 Å². The predicted molar refractivity (Wildman–Crippen MR) is 171 cm³/mol. The minimum atomic E-state index is -4.00. The highest BCUT2D eigenvalue weighted by atomic mass is 32.2. The first-order chi connectivity index (χ1) is 20.1. The van der Waals surface area contributed by atoms with Gasteiger partial charge in [-0.2, -0.15) is 8.42 Å². The lowest BCUT2D eigenvalue weighted by molar-refractivity contribution is -0.140. The molecule has 0 atom stereocenters.